The molecule has 0 aromatic rings. The first-order valence-corrected chi connectivity index (χ1v) is 7.71. The zero-order chi connectivity index (χ0) is 11.3. The van der Waals surface area contributed by atoms with E-state index in [-0.39, 0.29) is 0 Å². The Morgan fingerprint density at radius 2 is 2.00 bits per heavy atom. The van der Waals surface area contributed by atoms with Gasteiger partial charge in [0.25, 0.3) is 0 Å². The molecule has 0 aromatic carbocycles. The monoisotopic (exact) mass is 234 g/mol. The Morgan fingerprint density at radius 3 is 2.40 bits per heavy atom. The molecule has 1 N–H and O–H groups in total. The normalized spacial score (nSPS) is 18.1. The van der Waals surface area contributed by atoms with Crippen LogP contribution in [-0.2, 0) is 9.84 Å². The van der Waals surface area contributed by atoms with E-state index in [4.69, 9.17) is 0 Å². The molecule has 15 heavy (non-hydrogen) atoms. The molecule has 90 valence electrons. The van der Waals surface area contributed by atoms with Gasteiger partial charge in [-0.3, -0.25) is 4.90 Å². The van der Waals surface area contributed by atoms with E-state index in [0.717, 1.165) is 39.0 Å². The zero-order valence-corrected chi connectivity index (χ0v) is 10.5. The summed E-state index contributed by atoms with van der Waals surface area (Å²) in [7, 11) is -2.79. The van der Waals surface area contributed by atoms with Crippen LogP contribution in [0.1, 0.15) is 19.8 Å². The van der Waals surface area contributed by atoms with Crippen molar-refractivity contribution >= 4 is 9.84 Å². The summed E-state index contributed by atoms with van der Waals surface area (Å²) in [4.78, 5) is 2.40. The zero-order valence-electron chi connectivity index (χ0n) is 9.70. The van der Waals surface area contributed by atoms with E-state index in [9.17, 15) is 8.42 Å². The molecular weight excluding hydrogens is 212 g/mol. The third-order valence-electron chi connectivity index (χ3n) is 2.75. The highest BCUT2D eigenvalue weighted by molar-refractivity contribution is 7.90. The van der Waals surface area contributed by atoms with Crippen LogP contribution in [-0.4, -0.2) is 57.5 Å². The highest BCUT2D eigenvalue weighted by Crippen LogP contribution is 2.07. The Labute approximate surface area is 93.0 Å². The first-order chi connectivity index (χ1) is 7.03. The summed E-state index contributed by atoms with van der Waals surface area (Å²) >= 11 is 0. The van der Waals surface area contributed by atoms with Crippen LogP contribution >= 0.6 is 0 Å². The lowest BCUT2D eigenvalue weighted by Gasteiger charge is -2.38. The van der Waals surface area contributed by atoms with E-state index >= 15 is 0 Å². The van der Waals surface area contributed by atoms with E-state index in [1.54, 1.807) is 0 Å². The maximum atomic E-state index is 11.0. The minimum Gasteiger partial charge on any atom is -0.314 e. The SMILES string of the molecule is CCCN(CCCS(C)(=O)=O)C1CNC1. The molecule has 1 fully saturated rings. The molecule has 1 heterocycles. The molecule has 1 rings (SSSR count). The van der Waals surface area contributed by atoms with Gasteiger partial charge in [-0.05, 0) is 25.9 Å². The van der Waals surface area contributed by atoms with Crippen molar-refractivity contribution in [3.05, 3.63) is 0 Å². The molecule has 0 atom stereocenters. The molecule has 1 saturated heterocycles. The average Bonchev–Trinajstić information content (AvgIpc) is 1.98. The van der Waals surface area contributed by atoms with Crippen LogP contribution in [0, 0.1) is 0 Å². The topological polar surface area (TPSA) is 49.4 Å². The van der Waals surface area contributed by atoms with Crippen LogP contribution in [0.2, 0.25) is 0 Å². The van der Waals surface area contributed by atoms with Gasteiger partial charge < -0.3 is 5.32 Å². The van der Waals surface area contributed by atoms with Crippen molar-refractivity contribution in [1.29, 1.82) is 0 Å². The minimum atomic E-state index is -2.79. The smallest absolute Gasteiger partial charge is 0.147 e. The highest BCUT2D eigenvalue weighted by atomic mass is 32.2. The largest absolute Gasteiger partial charge is 0.314 e. The molecule has 1 aliphatic rings. The fraction of sp³-hybridized carbons (Fsp3) is 1.00. The van der Waals surface area contributed by atoms with Crippen LogP contribution in [0.15, 0.2) is 0 Å². The summed E-state index contributed by atoms with van der Waals surface area (Å²) in [5.74, 6) is 0.313. The van der Waals surface area contributed by atoms with E-state index in [2.05, 4.69) is 17.1 Å². The molecule has 0 aromatic heterocycles. The molecule has 0 amide bonds. The Hall–Kier alpha value is -0.130. The molecule has 0 aliphatic carbocycles. The number of sulfone groups is 1. The van der Waals surface area contributed by atoms with Gasteiger partial charge in [-0.1, -0.05) is 6.92 Å². The summed E-state index contributed by atoms with van der Waals surface area (Å²) in [6.07, 6.45) is 3.20. The van der Waals surface area contributed by atoms with Crippen molar-refractivity contribution in [1.82, 2.24) is 10.2 Å². The van der Waals surface area contributed by atoms with Crippen molar-refractivity contribution in [2.45, 2.75) is 25.8 Å². The Kier molecular flexibility index (Phi) is 5.02. The molecule has 0 saturated carbocycles. The molecule has 5 heteroatoms. The lowest BCUT2D eigenvalue weighted by Crippen LogP contribution is -2.57. The third-order valence-corrected chi connectivity index (χ3v) is 3.78. The standard InChI is InChI=1S/C10H22N2O2S/c1-3-5-12(10-8-11-9-10)6-4-7-15(2,13)14/h10-11H,3-9H2,1-2H3. The van der Waals surface area contributed by atoms with E-state index in [1.807, 2.05) is 0 Å². The van der Waals surface area contributed by atoms with Crippen molar-refractivity contribution in [3.8, 4) is 0 Å². The number of hydrogen-bond acceptors (Lipinski definition) is 4. The van der Waals surface area contributed by atoms with Gasteiger partial charge in [0.15, 0.2) is 0 Å². The first kappa shape index (κ1) is 12.9. The maximum absolute atomic E-state index is 11.0. The average molecular weight is 234 g/mol. The van der Waals surface area contributed by atoms with Gasteiger partial charge in [-0.2, -0.15) is 0 Å². The quantitative estimate of drug-likeness (QED) is 0.679. The summed E-state index contributed by atoms with van der Waals surface area (Å²) in [5, 5.41) is 3.25. The lowest BCUT2D eigenvalue weighted by atomic mass is 10.1. The number of rotatable bonds is 7. The van der Waals surface area contributed by atoms with Crippen molar-refractivity contribution < 1.29 is 8.42 Å². The predicted molar refractivity (Wildman–Crippen MR) is 62.8 cm³/mol. The number of nitrogens with one attached hydrogen (secondary N) is 1. The molecule has 1 aliphatic heterocycles. The van der Waals surface area contributed by atoms with Crippen LogP contribution in [0.4, 0.5) is 0 Å². The Morgan fingerprint density at radius 1 is 1.33 bits per heavy atom. The maximum Gasteiger partial charge on any atom is 0.147 e. The van der Waals surface area contributed by atoms with E-state index < -0.39 is 9.84 Å². The fourth-order valence-electron chi connectivity index (χ4n) is 1.83. The second-order valence-electron chi connectivity index (χ2n) is 4.33. The number of hydrogen-bond donors (Lipinski definition) is 1. The van der Waals surface area contributed by atoms with Gasteiger partial charge in [-0.25, -0.2) is 8.42 Å². The molecular formula is C10H22N2O2S. The lowest BCUT2D eigenvalue weighted by molar-refractivity contribution is 0.146. The summed E-state index contributed by atoms with van der Waals surface area (Å²) in [5.41, 5.74) is 0. The van der Waals surface area contributed by atoms with Crippen LogP contribution in [0.25, 0.3) is 0 Å². The van der Waals surface area contributed by atoms with Gasteiger partial charge in [0.05, 0.1) is 5.75 Å². The summed E-state index contributed by atoms with van der Waals surface area (Å²) in [6, 6.07) is 0.629. The summed E-state index contributed by atoms with van der Waals surface area (Å²) in [6.45, 7) is 6.26. The van der Waals surface area contributed by atoms with Crippen molar-refractivity contribution in [3.63, 3.8) is 0 Å². The Bertz CT molecular complexity index is 273. The molecule has 4 nitrogen and oxygen atoms in total. The predicted octanol–water partition coefficient (Wildman–Crippen LogP) is 0.105. The van der Waals surface area contributed by atoms with Gasteiger partial charge in [0.2, 0.25) is 0 Å². The van der Waals surface area contributed by atoms with Crippen LogP contribution in [0.5, 0.6) is 0 Å². The van der Waals surface area contributed by atoms with Crippen molar-refractivity contribution in [2.75, 3.05) is 38.2 Å². The van der Waals surface area contributed by atoms with E-state index in [1.165, 1.54) is 6.26 Å². The second kappa shape index (κ2) is 5.82. The van der Waals surface area contributed by atoms with E-state index in [0.29, 0.717) is 11.8 Å². The molecule has 0 unspecified atom stereocenters. The van der Waals surface area contributed by atoms with Crippen LogP contribution in [0.3, 0.4) is 0 Å². The first-order valence-electron chi connectivity index (χ1n) is 5.65. The molecule has 0 radical (unpaired) electrons. The third kappa shape index (κ3) is 4.95. The second-order valence-corrected chi connectivity index (χ2v) is 6.59. The summed E-state index contributed by atoms with van der Waals surface area (Å²) < 4.78 is 22.0. The van der Waals surface area contributed by atoms with Gasteiger partial charge >= 0.3 is 0 Å². The minimum absolute atomic E-state index is 0.313. The van der Waals surface area contributed by atoms with Gasteiger partial charge in [-0.15, -0.1) is 0 Å². The molecule has 0 bridgehead atoms. The fourth-order valence-corrected chi connectivity index (χ4v) is 2.48. The van der Waals surface area contributed by atoms with Gasteiger partial charge in [0.1, 0.15) is 9.84 Å². The molecule has 0 spiro atoms. The van der Waals surface area contributed by atoms with Crippen molar-refractivity contribution in [2.24, 2.45) is 0 Å². The number of nitrogens with zero attached hydrogens (tertiary/aromatic N) is 1. The van der Waals surface area contributed by atoms with Crippen LogP contribution < -0.4 is 5.32 Å². The van der Waals surface area contributed by atoms with Gasteiger partial charge in [0, 0.05) is 25.4 Å². The highest BCUT2D eigenvalue weighted by Gasteiger charge is 2.23. The Balaban J connectivity index is 2.25.